The van der Waals surface area contributed by atoms with E-state index in [1.54, 1.807) is 16.4 Å². The van der Waals surface area contributed by atoms with Crippen LogP contribution in [0.4, 0.5) is 4.39 Å². The quantitative estimate of drug-likeness (QED) is 0.844. The number of hydrogen-bond donors (Lipinski definition) is 0. The fourth-order valence-electron chi connectivity index (χ4n) is 2.47. The van der Waals surface area contributed by atoms with Crippen molar-refractivity contribution in [2.45, 2.75) is 32.2 Å². The van der Waals surface area contributed by atoms with E-state index in [0.717, 1.165) is 18.4 Å². The van der Waals surface area contributed by atoms with E-state index in [4.69, 9.17) is 0 Å². The van der Waals surface area contributed by atoms with Gasteiger partial charge in [0.15, 0.2) is 0 Å². The molecular weight excluding hydrogens is 253 g/mol. The highest BCUT2D eigenvalue weighted by atomic mass is 32.2. The van der Waals surface area contributed by atoms with Gasteiger partial charge in [-0.15, -0.1) is 0 Å². The number of sulfonamides is 1. The molecule has 0 bridgehead atoms. The summed E-state index contributed by atoms with van der Waals surface area (Å²) in [7, 11) is -3.18. The van der Waals surface area contributed by atoms with Crippen LogP contribution in [0.3, 0.4) is 0 Å². The van der Waals surface area contributed by atoms with Crippen molar-refractivity contribution in [1.82, 2.24) is 4.31 Å². The van der Waals surface area contributed by atoms with E-state index in [1.165, 1.54) is 12.1 Å². The number of hydrogen-bond acceptors (Lipinski definition) is 2. The van der Waals surface area contributed by atoms with Gasteiger partial charge >= 0.3 is 0 Å². The highest BCUT2D eigenvalue weighted by molar-refractivity contribution is 7.89. The summed E-state index contributed by atoms with van der Waals surface area (Å²) >= 11 is 0. The number of halogens is 1. The van der Waals surface area contributed by atoms with E-state index >= 15 is 0 Å². The van der Waals surface area contributed by atoms with Crippen molar-refractivity contribution in [3.05, 3.63) is 35.6 Å². The van der Waals surface area contributed by atoms with Gasteiger partial charge in [0.25, 0.3) is 0 Å². The van der Waals surface area contributed by atoms with Gasteiger partial charge in [0.2, 0.25) is 10.0 Å². The molecule has 0 amide bonds. The summed E-state index contributed by atoms with van der Waals surface area (Å²) in [6.07, 6.45) is 2.30. The molecule has 1 aliphatic rings. The lowest BCUT2D eigenvalue weighted by Gasteiger charge is -2.24. The Kier molecular flexibility index (Phi) is 4.02. The Labute approximate surface area is 108 Å². The molecule has 0 N–H and O–H groups in total. The fourth-order valence-corrected chi connectivity index (χ4v) is 4.24. The molecule has 1 aliphatic heterocycles. The molecule has 18 heavy (non-hydrogen) atoms. The molecule has 0 unspecified atom stereocenters. The van der Waals surface area contributed by atoms with Crippen LogP contribution in [-0.4, -0.2) is 25.0 Å². The molecule has 1 aromatic carbocycles. The second-order valence-corrected chi connectivity index (χ2v) is 6.68. The molecule has 1 heterocycles. The third-order valence-corrected chi connectivity index (χ3v) is 5.35. The molecule has 0 aliphatic carbocycles. The molecule has 0 aromatic heterocycles. The molecule has 5 heteroatoms. The van der Waals surface area contributed by atoms with Crippen LogP contribution in [0.2, 0.25) is 0 Å². The van der Waals surface area contributed by atoms with Crippen molar-refractivity contribution in [2.24, 2.45) is 0 Å². The highest BCUT2D eigenvalue weighted by Gasteiger charge is 2.34. The Balaban J connectivity index is 2.25. The molecule has 0 saturated carbocycles. The Bertz CT molecular complexity index is 498. The summed E-state index contributed by atoms with van der Waals surface area (Å²) in [4.78, 5) is 0. The Hall–Kier alpha value is -0.940. The zero-order chi connectivity index (χ0) is 13.2. The average Bonchev–Trinajstić information content (AvgIpc) is 2.79. The Morgan fingerprint density at radius 3 is 2.61 bits per heavy atom. The van der Waals surface area contributed by atoms with Crippen molar-refractivity contribution < 1.29 is 12.8 Å². The molecule has 100 valence electrons. The van der Waals surface area contributed by atoms with Crippen molar-refractivity contribution in [2.75, 3.05) is 12.3 Å². The van der Waals surface area contributed by atoms with Gasteiger partial charge in [0, 0.05) is 12.6 Å². The average molecular weight is 271 g/mol. The second kappa shape index (κ2) is 5.36. The molecule has 0 radical (unpaired) electrons. The molecule has 1 saturated heterocycles. The van der Waals surface area contributed by atoms with Gasteiger partial charge in [0.05, 0.1) is 5.75 Å². The van der Waals surface area contributed by atoms with Gasteiger partial charge in [-0.1, -0.05) is 19.1 Å². The normalized spacial score (nSPS) is 21.3. The standard InChI is InChI=1S/C13H18FNO2S/c1-2-10-18(16,17)15-9-3-4-13(15)11-5-7-12(14)8-6-11/h5-8,13H,2-4,9-10H2,1H3/t13-/m0/s1. The SMILES string of the molecule is CCCS(=O)(=O)N1CCC[C@H]1c1ccc(F)cc1. The van der Waals surface area contributed by atoms with Crippen LogP contribution >= 0.6 is 0 Å². The highest BCUT2D eigenvalue weighted by Crippen LogP contribution is 2.34. The summed E-state index contributed by atoms with van der Waals surface area (Å²) in [5.41, 5.74) is 0.883. The zero-order valence-electron chi connectivity index (χ0n) is 10.5. The lowest BCUT2D eigenvalue weighted by atomic mass is 10.1. The summed E-state index contributed by atoms with van der Waals surface area (Å²) in [6, 6.07) is 6.01. The molecule has 0 spiro atoms. The minimum atomic E-state index is -3.18. The predicted octanol–water partition coefficient (Wildman–Crippen LogP) is 2.70. The van der Waals surface area contributed by atoms with E-state index in [1.807, 2.05) is 6.92 Å². The topological polar surface area (TPSA) is 37.4 Å². The fraction of sp³-hybridized carbons (Fsp3) is 0.538. The number of benzene rings is 1. The molecule has 1 fully saturated rings. The molecule has 2 rings (SSSR count). The van der Waals surface area contributed by atoms with E-state index in [-0.39, 0.29) is 17.6 Å². The third kappa shape index (κ3) is 2.72. The van der Waals surface area contributed by atoms with E-state index in [2.05, 4.69) is 0 Å². The monoisotopic (exact) mass is 271 g/mol. The number of nitrogens with zero attached hydrogens (tertiary/aromatic N) is 1. The minimum Gasteiger partial charge on any atom is -0.212 e. The summed E-state index contributed by atoms with van der Waals surface area (Å²) in [6.45, 7) is 2.44. The van der Waals surface area contributed by atoms with Gasteiger partial charge < -0.3 is 0 Å². The van der Waals surface area contributed by atoms with Crippen LogP contribution < -0.4 is 0 Å². The van der Waals surface area contributed by atoms with Crippen LogP contribution in [0.25, 0.3) is 0 Å². The number of rotatable bonds is 4. The summed E-state index contributed by atoms with van der Waals surface area (Å²) in [5, 5.41) is 0. The lowest BCUT2D eigenvalue weighted by molar-refractivity contribution is 0.396. The maximum Gasteiger partial charge on any atom is 0.214 e. The predicted molar refractivity (Wildman–Crippen MR) is 69.2 cm³/mol. The summed E-state index contributed by atoms with van der Waals surface area (Å²) in [5.74, 6) is -0.107. The molecule has 3 nitrogen and oxygen atoms in total. The van der Waals surface area contributed by atoms with Crippen molar-refractivity contribution in [1.29, 1.82) is 0 Å². The lowest BCUT2D eigenvalue weighted by Crippen LogP contribution is -2.32. The first-order chi connectivity index (χ1) is 8.54. The van der Waals surface area contributed by atoms with Gasteiger partial charge in [-0.25, -0.2) is 12.8 Å². The minimum absolute atomic E-state index is 0.123. The molecular formula is C13H18FNO2S. The third-order valence-electron chi connectivity index (χ3n) is 3.28. The van der Waals surface area contributed by atoms with E-state index in [9.17, 15) is 12.8 Å². The van der Waals surface area contributed by atoms with Crippen molar-refractivity contribution in [3.63, 3.8) is 0 Å². The van der Waals surface area contributed by atoms with Crippen molar-refractivity contribution >= 4 is 10.0 Å². The van der Waals surface area contributed by atoms with Crippen LogP contribution in [-0.2, 0) is 10.0 Å². The van der Waals surface area contributed by atoms with Gasteiger partial charge in [0.1, 0.15) is 5.82 Å². The Morgan fingerprint density at radius 1 is 1.33 bits per heavy atom. The maximum absolute atomic E-state index is 12.9. The van der Waals surface area contributed by atoms with Crippen molar-refractivity contribution in [3.8, 4) is 0 Å². The van der Waals surface area contributed by atoms with Crippen LogP contribution in [0.5, 0.6) is 0 Å². The first-order valence-electron chi connectivity index (χ1n) is 6.29. The van der Waals surface area contributed by atoms with Crippen LogP contribution in [0.1, 0.15) is 37.8 Å². The first-order valence-corrected chi connectivity index (χ1v) is 7.90. The van der Waals surface area contributed by atoms with Crippen LogP contribution in [0, 0.1) is 5.82 Å². The van der Waals surface area contributed by atoms with E-state index < -0.39 is 10.0 Å². The largest absolute Gasteiger partial charge is 0.214 e. The zero-order valence-corrected chi connectivity index (χ0v) is 11.3. The maximum atomic E-state index is 12.9. The summed E-state index contributed by atoms with van der Waals surface area (Å²) < 4.78 is 38.7. The second-order valence-electron chi connectivity index (χ2n) is 4.64. The smallest absolute Gasteiger partial charge is 0.212 e. The molecule has 1 atom stereocenters. The Morgan fingerprint density at radius 2 is 2.00 bits per heavy atom. The van der Waals surface area contributed by atoms with Crippen LogP contribution in [0.15, 0.2) is 24.3 Å². The van der Waals surface area contributed by atoms with Gasteiger partial charge in [-0.2, -0.15) is 4.31 Å². The molecule has 1 aromatic rings. The van der Waals surface area contributed by atoms with Gasteiger partial charge in [-0.3, -0.25) is 0 Å². The van der Waals surface area contributed by atoms with E-state index in [0.29, 0.717) is 13.0 Å². The van der Waals surface area contributed by atoms with Gasteiger partial charge in [-0.05, 0) is 37.0 Å². The first kappa shape index (κ1) is 13.5.